The number of carbonyl (C=O) groups is 2. The highest BCUT2D eigenvalue weighted by Crippen LogP contribution is 2.23. The van der Waals surface area contributed by atoms with E-state index in [0.29, 0.717) is 34.6 Å². The number of Topliss-reactive ketones (excluding diaryl/α,β-unsaturated/α-hetero) is 1. The number of carboxylic acids is 1. The van der Waals surface area contributed by atoms with Gasteiger partial charge in [0, 0.05) is 24.5 Å². The molecule has 0 saturated carbocycles. The Hall–Kier alpha value is -2.45. The number of hydrogen-bond acceptors (Lipinski definition) is 5. The van der Waals surface area contributed by atoms with Crippen molar-refractivity contribution < 1.29 is 23.8 Å². The molecule has 8 heteroatoms. The molecule has 0 aromatic heterocycles. The second kappa shape index (κ2) is 10.0. The van der Waals surface area contributed by atoms with Gasteiger partial charge in [-0.15, -0.1) is 0 Å². The molecule has 0 unspecified atom stereocenters. The highest BCUT2D eigenvalue weighted by Gasteiger charge is 2.12. The molecule has 144 valence electrons. The lowest BCUT2D eigenvalue weighted by molar-refractivity contribution is -0.116. The summed E-state index contributed by atoms with van der Waals surface area (Å²) in [5, 5.41) is 15.2. The van der Waals surface area contributed by atoms with E-state index in [1.165, 1.54) is 18.2 Å². The minimum absolute atomic E-state index is 0.0130. The summed E-state index contributed by atoms with van der Waals surface area (Å²) in [7, 11) is 1.56. The fourth-order valence-corrected chi connectivity index (χ4v) is 2.73. The van der Waals surface area contributed by atoms with Gasteiger partial charge in [-0.25, -0.2) is 9.18 Å². The summed E-state index contributed by atoms with van der Waals surface area (Å²) in [6, 6.07) is 9.09. The molecule has 0 aliphatic heterocycles. The van der Waals surface area contributed by atoms with Crippen LogP contribution in [-0.4, -0.2) is 43.7 Å². The second-order valence-electron chi connectivity index (χ2n) is 5.79. The van der Waals surface area contributed by atoms with Gasteiger partial charge < -0.3 is 20.5 Å². The number of ketones is 1. The zero-order valence-corrected chi connectivity index (χ0v) is 16.3. The first kappa shape index (κ1) is 20.9. The first-order valence-corrected chi connectivity index (χ1v) is 8.99. The zero-order chi connectivity index (χ0) is 19.8. The standard InChI is InChI=1S/C19H20BrFN2O4/c1-27-7-6-22-18-9-13(19(25)26)3-5-17(18)23-11-15(24)8-12-2-4-14(20)10-16(12)21/h2-5,9-10,22-23H,6-8,11H2,1H3,(H,25,26). The molecule has 0 saturated heterocycles. The summed E-state index contributed by atoms with van der Waals surface area (Å²) in [5.74, 6) is -1.68. The number of halogens is 2. The molecule has 0 fully saturated rings. The molecule has 27 heavy (non-hydrogen) atoms. The van der Waals surface area contributed by atoms with Gasteiger partial charge in [-0.3, -0.25) is 4.79 Å². The number of nitrogens with one attached hydrogen (secondary N) is 2. The van der Waals surface area contributed by atoms with E-state index < -0.39 is 11.8 Å². The van der Waals surface area contributed by atoms with Crippen molar-refractivity contribution in [3.05, 3.63) is 57.8 Å². The van der Waals surface area contributed by atoms with E-state index in [-0.39, 0.29) is 24.3 Å². The van der Waals surface area contributed by atoms with Crippen molar-refractivity contribution in [3.8, 4) is 0 Å². The number of carboxylic acid groups (broad SMARTS) is 1. The molecule has 0 radical (unpaired) electrons. The van der Waals surface area contributed by atoms with E-state index in [1.807, 2.05) is 0 Å². The number of rotatable bonds is 10. The van der Waals surface area contributed by atoms with Crippen molar-refractivity contribution in [3.63, 3.8) is 0 Å². The van der Waals surface area contributed by atoms with Crippen LogP contribution in [-0.2, 0) is 16.0 Å². The Bertz CT molecular complexity index is 829. The van der Waals surface area contributed by atoms with Gasteiger partial charge in [0.1, 0.15) is 5.82 Å². The Kier molecular flexibility index (Phi) is 7.75. The third-order valence-corrected chi connectivity index (χ3v) is 4.26. The van der Waals surface area contributed by atoms with Crippen LogP contribution in [0, 0.1) is 5.82 Å². The van der Waals surface area contributed by atoms with Crippen molar-refractivity contribution in [2.24, 2.45) is 0 Å². The summed E-state index contributed by atoms with van der Waals surface area (Å²) < 4.78 is 19.4. The highest BCUT2D eigenvalue weighted by atomic mass is 79.9. The first-order chi connectivity index (χ1) is 12.9. The van der Waals surface area contributed by atoms with Crippen LogP contribution >= 0.6 is 15.9 Å². The van der Waals surface area contributed by atoms with Crippen LogP contribution < -0.4 is 10.6 Å². The predicted molar refractivity (Wildman–Crippen MR) is 105 cm³/mol. The van der Waals surface area contributed by atoms with Gasteiger partial charge in [-0.1, -0.05) is 22.0 Å². The normalized spacial score (nSPS) is 10.5. The first-order valence-electron chi connectivity index (χ1n) is 8.20. The lowest BCUT2D eigenvalue weighted by atomic mass is 10.1. The molecule has 2 aromatic rings. The Morgan fingerprint density at radius 2 is 1.93 bits per heavy atom. The number of anilines is 2. The van der Waals surface area contributed by atoms with E-state index >= 15 is 0 Å². The Morgan fingerprint density at radius 3 is 2.59 bits per heavy atom. The van der Waals surface area contributed by atoms with Crippen LogP contribution in [0.25, 0.3) is 0 Å². The smallest absolute Gasteiger partial charge is 0.335 e. The molecule has 0 amide bonds. The predicted octanol–water partition coefficient (Wildman–Crippen LogP) is 3.57. The number of aromatic carboxylic acids is 1. The molecule has 0 heterocycles. The minimum atomic E-state index is -1.04. The molecule has 0 bridgehead atoms. The molecule has 0 spiro atoms. The Labute approximate surface area is 164 Å². The number of benzene rings is 2. The topological polar surface area (TPSA) is 87.7 Å². The van der Waals surface area contributed by atoms with E-state index in [0.717, 1.165) is 0 Å². The minimum Gasteiger partial charge on any atom is -0.478 e. The van der Waals surface area contributed by atoms with E-state index in [4.69, 9.17) is 9.84 Å². The third-order valence-electron chi connectivity index (χ3n) is 3.77. The van der Waals surface area contributed by atoms with E-state index in [1.54, 1.807) is 25.3 Å². The third kappa shape index (κ3) is 6.33. The van der Waals surface area contributed by atoms with Crippen LogP contribution in [0.4, 0.5) is 15.8 Å². The van der Waals surface area contributed by atoms with Crippen LogP contribution in [0.15, 0.2) is 40.9 Å². The number of methoxy groups -OCH3 is 1. The Morgan fingerprint density at radius 1 is 1.15 bits per heavy atom. The van der Waals surface area contributed by atoms with Gasteiger partial charge in [0.25, 0.3) is 0 Å². The van der Waals surface area contributed by atoms with Gasteiger partial charge in [0.05, 0.1) is 30.1 Å². The average molecular weight is 439 g/mol. The summed E-state index contributed by atoms with van der Waals surface area (Å²) in [6.45, 7) is 0.908. The fourth-order valence-electron chi connectivity index (χ4n) is 2.40. The quantitative estimate of drug-likeness (QED) is 0.491. The molecule has 0 aliphatic carbocycles. The van der Waals surface area contributed by atoms with Gasteiger partial charge in [-0.05, 0) is 35.9 Å². The molecular formula is C19H20BrFN2O4. The molecule has 0 atom stereocenters. The van der Waals surface area contributed by atoms with Gasteiger partial charge in [-0.2, -0.15) is 0 Å². The summed E-state index contributed by atoms with van der Waals surface area (Å²) in [5.41, 5.74) is 1.59. The van der Waals surface area contributed by atoms with Gasteiger partial charge >= 0.3 is 5.97 Å². The number of ether oxygens (including phenoxy) is 1. The summed E-state index contributed by atoms with van der Waals surface area (Å²) >= 11 is 3.18. The monoisotopic (exact) mass is 438 g/mol. The largest absolute Gasteiger partial charge is 0.478 e. The SMILES string of the molecule is COCCNc1cc(C(=O)O)ccc1NCC(=O)Cc1ccc(Br)cc1F. The van der Waals surface area contributed by atoms with Crippen molar-refractivity contribution in [1.82, 2.24) is 0 Å². The van der Waals surface area contributed by atoms with Crippen molar-refractivity contribution in [2.75, 3.05) is 37.4 Å². The second-order valence-corrected chi connectivity index (χ2v) is 6.71. The van der Waals surface area contributed by atoms with Crippen LogP contribution in [0.3, 0.4) is 0 Å². The maximum Gasteiger partial charge on any atom is 0.335 e. The van der Waals surface area contributed by atoms with Crippen LogP contribution in [0.2, 0.25) is 0 Å². The Balaban J connectivity index is 2.04. The molecule has 6 nitrogen and oxygen atoms in total. The van der Waals surface area contributed by atoms with E-state index in [2.05, 4.69) is 26.6 Å². The summed E-state index contributed by atoms with van der Waals surface area (Å²) in [4.78, 5) is 23.3. The van der Waals surface area contributed by atoms with Gasteiger partial charge in [0.2, 0.25) is 0 Å². The van der Waals surface area contributed by atoms with Crippen molar-refractivity contribution in [2.45, 2.75) is 6.42 Å². The fraction of sp³-hybridized carbons (Fsp3) is 0.263. The lowest BCUT2D eigenvalue weighted by Crippen LogP contribution is -2.18. The number of hydrogen-bond donors (Lipinski definition) is 3. The molecular weight excluding hydrogens is 419 g/mol. The molecule has 3 N–H and O–H groups in total. The molecule has 2 rings (SSSR count). The van der Waals surface area contributed by atoms with E-state index in [9.17, 15) is 14.0 Å². The molecule has 2 aromatic carbocycles. The maximum absolute atomic E-state index is 13.9. The average Bonchev–Trinajstić information content (AvgIpc) is 2.63. The van der Waals surface area contributed by atoms with Crippen molar-refractivity contribution >= 4 is 39.1 Å². The lowest BCUT2D eigenvalue weighted by Gasteiger charge is -2.14. The van der Waals surface area contributed by atoms with Crippen LogP contribution in [0.1, 0.15) is 15.9 Å². The van der Waals surface area contributed by atoms with Crippen molar-refractivity contribution in [1.29, 1.82) is 0 Å². The maximum atomic E-state index is 13.9. The molecule has 0 aliphatic rings. The van der Waals surface area contributed by atoms with Crippen LogP contribution in [0.5, 0.6) is 0 Å². The zero-order valence-electron chi connectivity index (χ0n) is 14.7. The summed E-state index contributed by atoms with van der Waals surface area (Å²) in [6.07, 6.45) is -0.0360. The highest BCUT2D eigenvalue weighted by molar-refractivity contribution is 9.10. The van der Waals surface area contributed by atoms with Gasteiger partial charge in [0.15, 0.2) is 5.78 Å². The number of carbonyl (C=O) groups excluding carboxylic acids is 1.